The molecular formula is C35H59N7O12. The monoisotopic (exact) mass is 769 g/mol. The number of nitrogens with zero attached hydrogens (tertiary/aromatic N) is 4. The number of aliphatic hydroxyl groups excluding tert-OH is 2. The third-order valence-corrected chi connectivity index (χ3v) is 8.81. The number of fused-ring (bicyclic) bond motifs is 1. The van der Waals surface area contributed by atoms with Gasteiger partial charge in [0.25, 0.3) is 0 Å². The number of anilines is 1. The highest BCUT2D eigenvalue weighted by atomic mass is 16.7. The predicted molar refractivity (Wildman–Crippen MR) is 193 cm³/mol. The number of hydrogen-bond donors (Lipinski definition) is 5. The van der Waals surface area contributed by atoms with Crippen LogP contribution in [0.15, 0.2) is 12.7 Å². The number of imidazole rings is 1. The van der Waals surface area contributed by atoms with Gasteiger partial charge in [0.1, 0.15) is 55.2 Å². The van der Waals surface area contributed by atoms with Crippen molar-refractivity contribution in [3.8, 4) is 0 Å². The smallest absolute Gasteiger partial charge is 0.220 e. The first-order valence-corrected chi connectivity index (χ1v) is 18.7. The van der Waals surface area contributed by atoms with Gasteiger partial charge >= 0.3 is 0 Å². The van der Waals surface area contributed by atoms with Crippen molar-refractivity contribution in [2.24, 2.45) is 0 Å². The van der Waals surface area contributed by atoms with Crippen molar-refractivity contribution in [3.63, 3.8) is 0 Å². The molecule has 0 bridgehead atoms. The average Bonchev–Trinajstić information content (AvgIpc) is 3.70. The lowest BCUT2D eigenvalue weighted by molar-refractivity contribution is -0.265. The van der Waals surface area contributed by atoms with E-state index in [1.807, 2.05) is 34.6 Å². The van der Waals surface area contributed by atoms with Crippen molar-refractivity contribution in [2.75, 3.05) is 52.1 Å². The van der Waals surface area contributed by atoms with E-state index in [0.29, 0.717) is 50.2 Å². The molecule has 9 atom stereocenters. The first-order valence-electron chi connectivity index (χ1n) is 18.7. The number of amides is 2. The Labute approximate surface area is 315 Å². The summed E-state index contributed by atoms with van der Waals surface area (Å²) in [5, 5.41) is 26.1. The minimum Gasteiger partial charge on any atom is -0.388 e. The Hall–Kier alpha value is -3.11. The van der Waals surface area contributed by atoms with Crippen LogP contribution in [0, 0.1) is 0 Å². The molecule has 19 nitrogen and oxygen atoms in total. The van der Waals surface area contributed by atoms with Crippen LogP contribution in [0.3, 0.4) is 0 Å². The molecule has 2 aromatic rings. The number of aromatic nitrogens is 4. The van der Waals surface area contributed by atoms with Gasteiger partial charge < -0.3 is 64.5 Å². The Morgan fingerprint density at radius 1 is 0.944 bits per heavy atom. The van der Waals surface area contributed by atoms with Gasteiger partial charge in [0, 0.05) is 26.5 Å². The minimum atomic E-state index is -1.22. The zero-order chi connectivity index (χ0) is 39.2. The van der Waals surface area contributed by atoms with Crippen LogP contribution in [0.4, 0.5) is 5.82 Å². The number of nitrogen functional groups attached to an aromatic ring is 1. The number of ether oxygens (including phenoxy) is 8. The van der Waals surface area contributed by atoms with Gasteiger partial charge in [-0.25, -0.2) is 15.0 Å². The van der Waals surface area contributed by atoms with Crippen LogP contribution in [0.25, 0.3) is 11.2 Å². The van der Waals surface area contributed by atoms with E-state index in [4.69, 9.17) is 43.6 Å². The molecule has 0 spiro atoms. The molecule has 0 aliphatic carbocycles. The van der Waals surface area contributed by atoms with Crippen LogP contribution in [-0.4, -0.2) is 149 Å². The number of hydrogen-bond acceptors (Lipinski definition) is 16. The van der Waals surface area contributed by atoms with Gasteiger partial charge in [0.05, 0.1) is 51.1 Å². The van der Waals surface area contributed by atoms with Gasteiger partial charge in [-0.3, -0.25) is 14.2 Å². The number of nitrogens with one attached hydrogen (secondary N) is 2. The third kappa shape index (κ3) is 12.5. The summed E-state index contributed by atoms with van der Waals surface area (Å²) in [5.41, 5.74) is 6.99. The Kier molecular flexibility index (Phi) is 17.6. The lowest BCUT2D eigenvalue weighted by Gasteiger charge is -2.42. The van der Waals surface area contributed by atoms with E-state index in [0.717, 1.165) is 0 Å². The summed E-state index contributed by atoms with van der Waals surface area (Å²) in [7, 11) is 0. The highest BCUT2D eigenvalue weighted by Gasteiger charge is 2.49. The zero-order valence-electron chi connectivity index (χ0n) is 32.1. The van der Waals surface area contributed by atoms with E-state index >= 15 is 0 Å². The Balaban J connectivity index is 1.13. The summed E-state index contributed by atoms with van der Waals surface area (Å²) in [6, 6.07) is -0.902. The highest BCUT2D eigenvalue weighted by molar-refractivity contribution is 5.81. The molecule has 0 saturated carbocycles. The van der Waals surface area contributed by atoms with E-state index in [9.17, 15) is 19.8 Å². The van der Waals surface area contributed by atoms with Crippen LogP contribution >= 0.6 is 0 Å². The SMILES string of the molecule is CC[C@H]1O[C@@H](OCCCCC(=O)NCCOCCOCO[C@@H]2[C@H](OC(C)C)[C@@H](COC(C)C)O[C@H]2n2cnc3c(N)ncnc32)[C@H](NC(C)=O)[C@@H](O)[C@H]1O. The van der Waals surface area contributed by atoms with Crippen LogP contribution in [-0.2, 0) is 47.5 Å². The Morgan fingerprint density at radius 3 is 2.44 bits per heavy atom. The van der Waals surface area contributed by atoms with Gasteiger partial charge in [-0.15, -0.1) is 0 Å². The molecule has 6 N–H and O–H groups in total. The zero-order valence-corrected chi connectivity index (χ0v) is 32.1. The van der Waals surface area contributed by atoms with Crippen molar-refractivity contribution in [1.29, 1.82) is 0 Å². The standard InChI is InChI=1S/C35H59N7O12/c1-7-23-28(45)29(46)26(41-22(6)43)35(54-23)49-12-9-8-10-25(44)37-11-13-47-14-15-48-19-51-31-30(52-21(4)5)24(16-50-20(2)3)53-34(31)42-18-40-27-32(36)38-17-39-33(27)42/h17-18,20-21,23-24,26,28-31,34-35,45-46H,7-16,19H2,1-6H3,(H,37,44)(H,41,43)(H2,36,38,39)/t23-,24-,26-,28+,29-,30-,31-,34-,35-/m1/s1. The quantitative estimate of drug-likeness (QED) is 0.0766. The maximum atomic E-state index is 12.3. The lowest BCUT2D eigenvalue weighted by Crippen LogP contribution is -2.63. The number of aliphatic hydroxyl groups is 2. The van der Waals surface area contributed by atoms with Crippen molar-refractivity contribution in [2.45, 2.75) is 135 Å². The number of carbonyl (C=O) groups excluding carboxylic acids is 2. The summed E-state index contributed by atoms with van der Waals surface area (Å²) in [4.78, 5) is 36.7. The van der Waals surface area contributed by atoms with Crippen molar-refractivity contribution < 1.29 is 57.7 Å². The second-order valence-corrected chi connectivity index (χ2v) is 13.8. The number of carbonyl (C=O) groups is 2. The average molecular weight is 770 g/mol. The normalized spacial score (nSPS) is 27.3. The molecule has 2 aliphatic heterocycles. The molecule has 0 unspecified atom stereocenters. The van der Waals surface area contributed by atoms with Crippen molar-refractivity contribution in [1.82, 2.24) is 30.2 Å². The fraction of sp³-hybridized carbons (Fsp3) is 0.800. The molecule has 306 valence electrons. The molecule has 4 heterocycles. The number of nitrogens with two attached hydrogens (primary N) is 1. The van der Waals surface area contributed by atoms with Crippen LogP contribution < -0.4 is 16.4 Å². The van der Waals surface area contributed by atoms with E-state index < -0.39 is 55.2 Å². The largest absolute Gasteiger partial charge is 0.388 e. The Bertz CT molecular complexity index is 1430. The molecule has 4 rings (SSSR count). The van der Waals surface area contributed by atoms with Crippen molar-refractivity contribution in [3.05, 3.63) is 12.7 Å². The molecule has 54 heavy (non-hydrogen) atoms. The maximum Gasteiger partial charge on any atom is 0.220 e. The van der Waals surface area contributed by atoms with Crippen LogP contribution in [0.1, 0.15) is 73.5 Å². The summed E-state index contributed by atoms with van der Waals surface area (Å²) in [5.74, 6) is -0.240. The molecule has 0 aromatic carbocycles. The maximum absolute atomic E-state index is 12.3. The summed E-state index contributed by atoms with van der Waals surface area (Å²) >= 11 is 0. The fourth-order valence-corrected chi connectivity index (χ4v) is 6.21. The van der Waals surface area contributed by atoms with Gasteiger partial charge in [0.2, 0.25) is 11.8 Å². The Morgan fingerprint density at radius 2 is 1.72 bits per heavy atom. The molecular weight excluding hydrogens is 710 g/mol. The molecule has 2 amide bonds. The first-order chi connectivity index (χ1) is 25.9. The van der Waals surface area contributed by atoms with E-state index in [1.165, 1.54) is 13.3 Å². The molecule has 0 radical (unpaired) electrons. The van der Waals surface area contributed by atoms with Gasteiger partial charge in [-0.2, -0.15) is 0 Å². The number of unbranched alkanes of at least 4 members (excludes halogenated alkanes) is 1. The second kappa shape index (κ2) is 21.8. The molecule has 2 aliphatic rings. The van der Waals surface area contributed by atoms with Crippen LogP contribution in [0.5, 0.6) is 0 Å². The van der Waals surface area contributed by atoms with Crippen LogP contribution in [0.2, 0.25) is 0 Å². The molecule has 2 fully saturated rings. The molecule has 19 heteroatoms. The molecule has 2 aromatic heterocycles. The number of rotatable bonds is 23. The lowest BCUT2D eigenvalue weighted by atomic mass is 9.95. The third-order valence-electron chi connectivity index (χ3n) is 8.81. The van der Waals surface area contributed by atoms with E-state index in [2.05, 4.69) is 25.6 Å². The summed E-state index contributed by atoms with van der Waals surface area (Å²) in [6.07, 6.45) is -1.34. The predicted octanol–water partition coefficient (Wildman–Crippen LogP) is 0.565. The summed E-state index contributed by atoms with van der Waals surface area (Å²) in [6.45, 7) is 12.6. The van der Waals surface area contributed by atoms with E-state index in [1.54, 1.807) is 10.9 Å². The van der Waals surface area contributed by atoms with Crippen molar-refractivity contribution >= 4 is 28.8 Å². The van der Waals surface area contributed by atoms with Gasteiger partial charge in [0.15, 0.2) is 24.0 Å². The summed E-state index contributed by atoms with van der Waals surface area (Å²) < 4.78 is 49.6. The van der Waals surface area contributed by atoms with Gasteiger partial charge in [-0.1, -0.05) is 6.92 Å². The second-order valence-electron chi connectivity index (χ2n) is 13.8. The highest BCUT2D eigenvalue weighted by Crippen LogP contribution is 2.36. The molecule has 2 saturated heterocycles. The fourth-order valence-electron chi connectivity index (χ4n) is 6.21. The van der Waals surface area contributed by atoms with E-state index in [-0.39, 0.29) is 62.9 Å². The topological polar surface area (TPSA) is 242 Å². The minimum absolute atomic E-state index is 0.00630. The van der Waals surface area contributed by atoms with Gasteiger partial charge in [-0.05, 0) is 47.0 Å². The first kappa shape index (κ1) is 43.6.